The highest BCUT2D eigenvalue weighted by Crippen LogP contribution is 2.29. The number of hydrogen-bond acceptors (Lipinski definition) is 4. The zero-order valence-corrected chi connectivity index (χ0v) is 14.6. The van der Waals surface area contributed by atoms with E-state index in [0.717, 1.165) is 63.8 Å². The van der Waals surface area contributed by atoms with Crippen molar-refractivity contribution < 1.29 is 14.2 Å². The Labute approximate surface area is 135 Å². The van der Waals surface area contributed by atoms with Crippen molar-refractivity contribution in [2.24, 2.45) is 0 Å². The first kappa shape index (κ1) is 18.8. The van der Waals surface area contributed by atoms with Crippen LogP contribution in [0.1, 0.15) is 32.3 Å². The highest BCUT2D eigenvalue weighted by Gasteiger charge is 2.12. The fourth-order valence-corrected chi connectivity index (χ4v) is 2.24. The molecule has 0 bridgehead atoms. The predicted molar refractivity (Wildman–Crippen MR) is 92.2 cm³/mol. The van der Waals surface area contributed by atoms with Gasteiger partial charge in [-0.05, 0) is 37.5 Å². The minimum atomic E-state index is 0.721. The topological polar surface area (TPSA) is 30.9 Å². The van der Waals surface area contributed by atoms with Crippen molar-refractivity contribution in [2.75, 3.05) is 51.5 Å². The molecule has 1 aromatic carbocycles. The van der Waals surface area contributed by atoms with Gasteiger partial charge in [0.1, 0.15) is 5.75 Å². The smallest absolute Gasteiger partial charge is 0.142 e. The highest BCUT2D eigenvalue weighted by atomic mass is 16.5. The fraction of sp³-hybridized carbons (Fsp3) is 0.667. The second kappa shape index (κ2) is 11.3. The average molecular weight is 309 g/mol. The first-order valence-electron chi connectivity index (χ1n) is 8.28. The van der Waals surface area contributed by atoms with Crippen molar-refractivity contribution in [1.82, 2.24) is 0 Å². The Morgan fingerprint density at radius 3 is 2.00 bits per heavy atom. The van der Waals surface area contributed by atoms with E-state index >= 15 is 0 Å². The third-order valence-electron chi connectivity index (χ3n) is 3.38. The van der Waals surface area contributed by atoms with Gasteiger partial charge >= 0.3 is 0 Å². The normalized spacial score (nSPS) is 10.7. The number of benzene rings is 1. The van der Waals surface area contributed by atoms with E-state index < -0.39 is 0 Å². The van der Waals surface area contributed by atoms with Gasteiger partial charge in [0.05, 0.1) is 26.0 Å². The Balaban J connectivity index is 2.71. The van der Waals surface area contributed by atoms with Crippen LogP contribution in [0.5, 0.6) is 5.75 Å². The van der Waals surface area contributed by atoms with Gasteiger partial charge in [-0.3, -0.25) is 0 Å². The molecule has 0 saturated heterocycles. The summed E-state index contributed by atoms with van der Waals surface area (Å²) in [6.45, 7) is 11.1. The Morgan fingerprint density at radius 1 is 0.909 bits per heavy atom. The van der Waals surface area contributed by atoms with Crippen LogP contribution in [-0.4, -0.2) is 46.6 Å². The summed E-state index contributed by atoms with van der Waals surface area (Å²) in [5, 5.41) is 0. The van der Waals surface area contributed by atoms with E-state index in [1.165, 1.54) is 5.56 Å². The lowest BCUT2D eigenvalue weighted by molar-refractivity contribution is 0.129. The molecule has 0 amide bonds. The summed E-state index contributed by atoms with van der Waals surface area (Å²) in [5.41, 5.74) is 2.34. The molecule has 0 radical (unpaired) electrons. The minimum Gasteiger partial charge on any atom is -0.495 e. The molecule has 1 rings (SSSR count). The lowest BCUT2D eigenvalue weighted by Gasteiger charge is -2.27. The number of ether oxygens (including phenoxy) is 3. The monoisotopic (exact) mass is 309 g/mol. The lowest BCUT2D eigenvalue weighted by atomic mass is 10.2. The third kappa shape index (κ3) is 6.67. The molecule has 126 valence electrons. The number of rotatable bonds is 12. The standard InChI is InChI=1S/C18H31NO3/c1-5-11-21-13-9-19(10-14-22-12-6-2)17-15-16(3)7-8-18(17)20-4/h7-8,15H,5-6,9-14H2,1-4H3. The molecule has 0 aliphatic rings. The van der Waals surface area contributed by atoms with Gasteiger partial charge in [-0.25, -0.2) is 0 Å². The van der Waals surface area contributed by atoms with Crippen molar-refractivity contribution in [2.45, 2.75) is 33.6 Å². The number of nitrogens with zero attached hydrogens (tertiary/aromatic N) is 1. The summed E-state index contributed by atoms with van der Waals surface area (Å²) < 4.78 is 16.8. The van der Waals surface area contributed by atoms with Crippen molar-refractivity contribution >= 4 is 5.69 Å². The molecule has 1 aromatic rings. The fourth-order valence-electron chi connectivity index (χ4n) is 2.24. The van der Waals surface area contributed by atoms with Crippen LogP contribution in [0.4, 0.5) is 5.69 Å². The van der Waals surface area contributed by atoms with Gasteiger partial charge in [-0.2, -0.15) is 0 Å². The van der Waals surface area contributed by atoms with Gasteiger partial charge in [-0.15, -0.1) is 0 Å². The Bertz CT molecular complexity index is 397. The van der Waals surface area contributed by atoms with E-state index in [9.17, 15) is 0 Å². The second-order valence-electron chi connectivity index (χ2n) is 5.39. The molecule has 0 fully saturated rings. The number of aryl methyl sites for hydroxylation is 1. The van der Waals surface area contributed by atoms with Crippen LogP contribution in [0.25, 0.3) is 0 Å². The molecule has 0 heterocycles. The maximum Gasteiger partial charge on any atom is 0.142 e. The van der Waals surface area contributed by atoms with E-state index in [0.29, 0.717) is 0 Å². The molecular weight excluding hydrogens is 278 g/mol. The van der Waals surface area contributed by atoms with Crippen LogP contribution in [0, 0.1) is 6.92 Å². The molecule has 0 aliphatic heterocycles. The maximum absolute atomic E-state index is 5.64. The highest BCUT2D eigenvalue weighted by molar-refractivity contribution is 5.60. The second-order valence-corrected chi connectivity index (χ2v) is 5.39. The van der Waals surface area contributed by atoms with Crippen LogP contribution in [-0.2, 0) is 9.47 Å². The van der Waals surface area contributed by atoms with Gasteiger partial charge in [0.25, 0.3) is 0 Å². The van der Waals surface area contributed by atoms with Crippen LogP contribution in [0.15, 0.2) is 18.2 Å². The summed E-state index contributed by atoms with van der Waals surface area (Å²) >= 11 is 0. The van der Waals surface area contributed by atoms with Crippen molar-refractivity contribution in [1.29, 1.82) is 0 Å². The van der Waals surface area contributed by atoms with Crippen LogP contribution in [0.3, 0.4) is 0 Å². The molecular formula is C18H31NO3. The summed E-state index contributed by atoms with van der Waals surface area (Å²) in [4.78, 5) is 2.29. The van der Waals surface area contributed by atoms with Crippen molar-refractivity contribution in [3.05, 3.63) is 23.8 Å². The van der Waals surface area contributed by atoms with Crippen LogP contribution in [0.2, 0.25) is 0 Å². The number of anilines is 1. The average Bonchev–Trinajstić information content (AvgIpc) is 2.53. The van der Waals surface area contributed by atoms with Gasteiger partial charge < -0.3 is 19.1 Å². The Morgan fingerprint density at radius 2 is 1.50 bits per heavy atom. The van der Waals surface area contributed by atoms with Crippen molar-refractivity contribution in [3.8, 4) is 5.75 Å². The predicted octanol–water partition coefficient (Wildman–Crippen LogP) is 3.66. The molecule has 4 heteroatoms. The van der Waals surface area contributed by atoms with Gasteiger partial charge in [-0.1, -0.05) is 19.9 Å². The zero-order valence-electron chi connectivity index (χ0n) is 14.6. The Kier molecular flexibility index (Phi) is 9.67. The van der Waals surface area contributed by atoms with Gasteiger partial charge in [0.2, 0.25) is 0 Å². The van der Waals surface area contributed by atoms with E-state index in [1.54, 1.807) is 7.11 Å². The third-order valence-corrected chi connectivity index (χ3v) is 3.38. The number of hydrogen-bond donors (Lipinski definition) is 0. The largest absolute Gasteiger partial charge is 0.495 e. The molecule has 0 aliphatic carbocycles. The number of methoxy groups -OCH3 is 1. The van der Waals surface area contributed by atoms with Crippen LogP contribution >= 0.6 is 0 Å². The van der Waals surface area contributed by atoms with E-state index in [1.807, 2.05) is 6.07 Å². The molecule has 22 heavy (non-hydrogen) atoms. The Hall–Kier alpha value is -1.26. The quantitative estimate of drug-likeness (QED) is 0.551. The molecule has 0 spiro atoms. The van der Waals surface area contributed by atoms with E-state index in [4.69, 9.17) is 14.2 Å². The lowest BCUT2D eigenvalue weighted by Crippen LogP contribution is -2.31. The first-order chi connectivity index (χ1) is 10.7. The van der Waals surface area contributed by atoms with Crippen LogP contribution < -0.4 is 9.64 Å². The molecule has 0 N–H and O–H groups in total. The first-order valence-corrected chi connectivity index (χ1v) is 8.28. The summed E-state index contributed by atoms with van der Waals surface area (Å²) in [5.74, 6) is 0.900. The molecule has 0 unspecified atom stereocenters. The summed E-state index contributed by atoms with van der Waals surface area (Å²) in [6.07, 6.45) is 2.10. The molecule has 0 aromatic heterocycles. The zero-order chi connectivity index (χ0) is 16.2. The molecule has 0 saturated carbocycles. The minimum absolute atomic E-state index is 0.721. The van der Waals surface area contributed by atoms with Crippen molar-refractivity contribution in [3.63, 3.8) is 0 Å². The molecule has 0 atom stereocenters. The SMILES string of the molecule is CCCOCCN(CCOCCC)c1cc(C)ccc1OC. The maximum atomic E-state index is 5.64. The van der Waals surface area contributed by atoms with E-state index in [2.05, 4.69) is 37.8 Å². The van der Waals surface area contributed by atoms with E-state index in [-0.39, 0.29) is 0 Å². The summed E-state index contributed by atoms with van der Waals surface area (Å²) in [7, 11) is 1.72. The molecule has 4 nitrogen and oxygen atoms in total. The summed E-state index contributed by atoms with van der Waals surface area (Å²) in [6, 6.07) is 6.26. The van der Waals surface area contributed by atoms with Gasteiger partial charge in [0, 0.05) is 26.3 Å². The van der Waals surface area contributed by atoms with Gasteiger partial charge in [0.15, 0.2) is 0 Å².